The Hall–Kier alpha value is -1.02. The summed E-state index contributed by atoms with van der Waals surface area (Å²) < 4.78 is 0. The van der Waals surface area contributed by atoms with Gasteiger partial charge in [-0.05, 0) is 50.8 Å². The third-order valence-corrected chi connectivity index (χ3v) is 3.94. The molecule has 1 aromatic rings. The molecule has 2 N–H and O–H groups in total. The van der Waals surface area contributed by atoms with Gasteiger partial charge in [0.05, 0.1) is 0 Å². The van der Waals surface area contributed by atoms with Crippen molar-refractivity contribution in [2.45, 2.75) is 51.6 Å². The van der Waals surface area contributed by atoms with Crippen LogP contribution in [-0.2, 0) is 6.42 Å². The highest BCUT2D eigenvalue weighted by molar-refractivity contribution is 5.57. The molecule has 0 amide bonds. The van der Waals surface area contributed by atoms with Crippen molar-refractivity contribution >= 4 is 5.69 Å². The van der Waals surface area contributed by atoms with Gasteiger partial charge in [-0.1, -0.05) is 25.1 Å². The lowest BCUT2D eigenvalue weighted by molar-refractivity contribution is 0.457. The van der Waals surface area contributed by atoms with E-state index in [2.05, 4.69) is 43.0 Å². The standard InChI is InChI=1S/C15H24N2/c1-3-14(10-11-16)17-12(2)8-9-13-6-4-5-7-15(13)17/h4-7,12,14H,3,8-11,16H2,1-2H3. The van der Waals surface area contributed by atoms with Gasteiger partial charge in [-0.2, -0.15) is 0 Å². The third kappa shape index (κ3) is 2.47. The summed E-state index contributed by atoms with van der Waals surface area (Å²) >= 11 is 0. The average Bonchev–Trinajstić information content (AvgIpc) is 2.37. The molecule has 0 fully saturated rings. The van der Waals surface area contributed by atoms with Crippen LogP contribution < -0.4 is 10.6 Å². The predicted octanol–water partition coefficient (Wildman–Crippen LogP) is 2.96. The van der Waals surface area contributed by atoms with Crippen LogP contribution in [0.2, 0.25) is 0 Å². The highest BCUT2D eigenvalue weighted by atomic mass is 15.2. The summed E-state index contributed by atoms with van der Waals surface area (Å²) in [6.45, 7) is 5.39. The summed E-state index contributed by atoms with van der Waals surface area (Å²) in [6.07, 6.45) is 4.75. The maximum absolute atomic E-state index is 5.75. The zero-order valence-corrected chi connectivity index (χ0v) is 11.0. The first kappa shape index (κ1) is 12.4. The van der Waals surface area contributed by atoms with Gasteiger partial charge in [-0.25, -0.2) is 0 Å². The summed E-state index contributed by atoms with van der Waals surface area (Å²) in [6, 6.07) is 10.1. The van der Waals surface area contributed by atoms with E-state index in [0.29, 0.717) is 12.1 Å². The summed E-state index contributed by atoms with van der Waals surface area (Å²) in [7, 11) is 0. The van der Waals surface area contributed by atoms with Crippen LogP contribution >= 0.6 is 0 Å². The van der Waals surface area contributed by atoms with Crippen LogP contribution in [0.1, 0.15) is 38.7 Å². The minimum Gasteiger partial charge on any atom is -0.366 e. The topological polar surface area (TPSA) is 29.3 Å². The molecule has 94 valence electrons. The maximum Gasteiger partial charge on any atom is 0.0403 e. The van der Waals surface area contributed by atoms with Crippen LogP contribution in [0.4, 0.5) is 5.69 Å². The van der Waals surface area contributed by atoms with E-state index in [1.807, 2.05) is 0 Å². The number of fused-ring (bicyclic) bond motifs is 1. The number of hydrogen-bond donors (Lipinski definition) is 1. The van der Waals surface area contributed by atoms with Crippen molar-refractivity contribution < 1.29 is 0 Å². The molecule has 1 aliphatic heterocycles. The zero-order valence-electron chi connectivity index (χ0n) is 11.0. The Bertz CT molecular complexity index is 362. The van der Waals surface area contributed by atoms with Gasteiger partial charge >= 0.3 is 0 Å². The van der Waals surface area contributed by atoms with Crippen molar-refractivity contribution in [1.82, 2.24) is 0 Å². The van der Waals surface area contributed by atoms with Crippen molar-refractivity contribution in [2.75, 3.05) is 11.4 Å². The number of hydrogen-bond acceptors (Lipinski definition) is 2. The molecule has 0 spiro atoms. The molecule has 0 bridgehead atoms. The van der Waals surface area contributed by atoms with E-state index in [-0.39, 0.29) is 0 Å². The van der Waals surface area contributed by atoms with Crippen LogP contribution in [0.15, 0.2) is 24.3 Å². The van der Waals surface area contributed by atoms with Gasteiger partial charge in [0.15, 0.2) is 0 Å². The molecule has 0 radical (unpaired) electrons. The van der Waals surface area contributed by atoms with Gasteiger partial charge in [-0.3, -0.25) is 0 Å². The van der Waals surface area contributed by atoms with Gasteiger partial charge in [0.1, 0.15) is 0 Å². The highest BCUT2D eigenvalue weighted by Gasteiger charge is 2.27. The summed E-state index contributed by atoms with van der Waals surface area (Å²) in [4.78, 5) is 2.60. The maximum atomic E-state index is 5.75. The molecule has 2 rings (SSSR count). The molecule has 0 aliphatic carbocycles. The van der Waals surface area contributed by atoms with Gasteiger partial charge in [0.25, 0.3) is 0 Å². The van der Waals surface area contributed by atoms with Gasteiger partial charge < -0.3 is 10.6 Å². The van der Waals surface area contributed by atoms with E-state index in [0.717, 1.165) is 13.0 Å². The SMILES string of the molecule is CCC(CCN)N1c2ccccc2CCC1C. The quantitative estimate of drug-likeness (QED) is 0.865. The number of anilines is 1. The van der Waals surface area contributed by atoms with Crippen molar-refractivity contribution in [1.29, 1.82) is 0 Å². The Morgan fingerprint density at radius 2 is 2.18 bits per heavy atom. The van der Waals surface area contributed by atoms with E-state index < -0.39 is 0 Å². The molecule has 1 aromatic carbocycles. The molecule has 1 heterocycles. The van der Waals surface area contributed by atoms with Crippen LogP contribution in [-0.4, -0.2) is 18.6 Å². The first-order chi connectivity index (χ1) is 8.27. The third-order valence-electron chi connectivity index (χ3n) is 3.94. The van der Waals surface area contributed by atoms with E-state index >= 15 is 0 Å². The molecule has 0 saturated heterocycles. The van der Waals surface area contributed by atoms with Gasteiger partial charge in [0, 0.05) is 17.8 Å². The van der Waals surface area contributed by atoms with E-state index in [9.17, 15) is 0 Å². The van der Waals surface area contributed by atoms with Crippen LogP contribution in [0.25, 0.3) is 0 Å². The fourth-order valence-electron chi connectivity index (χ4n) is 3.00. The van der Waals surface area contributed by atoms with Gasteiger partial charge in [-0.15, -0.1) is 0 Å². The van der Waals surface area contributed by atoms with Crippen molar-refractivity contribution in [2.24, 2.45) is 5.73 Å². The Morgan fingerprint density at radius 1 is 1.41 bits per heavy atom. The fraction of sp³-hybridized carbons (Fsp3) is 0.600. The number of aryl methyl sites for hydroxylation is 1. The minimum atomic E-state index is 0.594. The zero-order chi connectivity index (χ0) is 12.3. The molecule has 2 heteroatoms. The summed E-state index contributed by atoms with van der Waals surface area (Å²) in [5.74, 6) is 0. The van der Waals surface area contributed by atoms with E-state index in [1.54, 1.807) is 0 Å². The molecular weight excluding hydrogens is 208 g/mol. The molecule has 1 aliphatic rings. The Kier molecular flexibility index (Phi) is 4.06. The minimum absolute atomic E-state index is 0.594. The van der Waals surface area contributed by atoms with Crippen LogP contribution in [0, 0.1) is 0 Å². The smallest absolute Gasteiger partial charge is 0.0403 e. The van der Waals surface area contributed by atoms with Crippen LogP contribution in [0.3, 0.4) is 0 Å². The Balaban J connectivity index is 2.31. The van der Waals surface area contributed by atoms with Crippen molar-refractivity contribution in [3.8, 4) is 0 Å². The highest BCUT2D eigenvalue weighted by Crippen LogP contribution is 2.33. The Labute approximate surface area is 105 Å². The molecule has 2 unspecified atom stereocenters. The second kappa shape index (κ2) is 5.54. The molecule has 17 heavy (non-hydrogen) atoms. The van der Waals surface area contributed by atoms with Crippen molar-refractivity contribution in [3.63, 3.8) is 0 Å². The Morgan fingerprint density at radius 3 is 2.88 bits per heavy atom. The lowest BCUT2D eigenvalue weighted by atomic mass is 9.93. The number of rotatable bonds is 4. The lowest BCUT2D eigenvalue weighted by Crippen LogP contribution is -2.45. The van der Waals surface area contributed by atoms with Gasteiger partial charge in [0.2, 0.25) is 0 Å². The largest absolute Gasteiger partial charge is 0.366 e. The molecule has 2 nitrogen and oxygen atoms in total. The first-order valence-electron chi connectivity index (χ1n) is 6.84. The molecule has 0 aromatic heterocycles. The number of nitrogens with zero attached hydrogens (tertiary/aromatic N) is 1. The van der Waals surface area contributed by atoms with E-state index in [1.165, 1.54) is 30.5 Å². The van der Waals surface area contributed by atoms with Crippen molar-refractivity contribution in [3.05, 3.63) is 29.8 Å². The normalized spacial score (nSPS) is 21.1. The number of nitrogens with two attached hydrogens (primary N) is 1. The van der Waals surface area contributed by atoms with E-state index in [4.69, 9.17) is 5.73 Å². The van der Waals surface area contributed by atoms with Crippen LogP contribution in [0.5, 0.6) is 0 Å². The monoisotopic (exact) mass is 232 g/mol. The first-order valence-corrected chi connectivity index (χ1v) is 6.84. The summed E-state index contributed by atoms with van der Waals surface area (Å²) in [5.41, 5.74) is 8.69. The second-order valence-electron chi connectivity index (χ2n) is 5.06. The average molecular weight is 232 g/mol. The molecule has 0 saturated carbocycles. The lowest BCUT2D eigenvalue weighted by Gasteiger charge is -2.42. The predicted molar refractivity (Wildman–Crippen MR) is 74.5 cm³/mol. The fourth-order valence-corrected chi connectivity index (χ4v) is 3.00. The number of benzene rings is 1. The number of para-hydroxylation sites is 1. The summed E-state index contributed by atoms with van der Waals surface area (Å²) in [5, 5.41) is 0. The second-order valence-corrected chi connectivity index (χ2v) is 5.06. The molecular formula is C15H24N2. The molecule has 2 atom stereocenters.